The number of thiophene rings is 1. The minimum atomic E-state index is -0.0451. The Hall–Kier alpha value is -2.94. The fourth-order valence-corrected chi connectivity index (χ4v) is 4.67. The molecule has 4 nitrogen and oxygen atoms in total. The van der Waals surface area contributed by atoms with Gasteiger partial charge in [-0.05, 0) is 54.8 Å². The van der Waals surface area contributed by atoms with Crippen molar-refractivity contribution in [2.75, 3.05) is 0 Å². The molecule has 144 valence electrons. The summed E-state index contributed by atoms with van der Waals surface area (Å²) in [5, 5.41) is 10.5. The van der Waals surface area contributed by atoms with Crippen molar-refractivity contribution in [3.8, 4) is 6.07 Å². The molecule has 0 radical (unpaired) electrons. The zero-order valence-corrected chi connectivity index (χ0v) is 17.6. The van der Waals surface area contributed by atoms with Crippen LogP contribution in [0, 0.1) is 25.2 Å². The van der Waals surface area contributed by atoms with Crippen LogP contribution in [0.15, 0.2) is 53.3 Å². The summed E-state index contributed by atoms with van der Waals surface area (Å²) in [6.45, 7) is 4.34. The Balaban J connectivity index is 1.89. The van der Waals surface area contributed by atoms with Crippen molar-refractivity contribution >= 4 is 33.2 Å². The van der Waals surface area contributed by atoms with E-state index in [1.807, 2.05) is 56.3 Å². The van der Waals surface area contributed by atoms with Crippen LogP contribution in [0.5, 0.6) is 0 Å². The van der Waals surface area contributed by atoms with Gasteiger partial charge in [0.25, 0.3) is 5.56 Å². The highest BCUT2D eigenvalue weighted by Crippen LogP contribution is 2.27. The minimum absolute atomic E-state index is 0.0451. The lowest BCUT2D eigenvalue weighted by atomic mass is 10.1. The van der Waals surface area contributed by atoms with E-state index in [0.29, 0.717) is 34.8 Å². The van der Waals surface area contributed by atoms with Gasteiger partial charge in [-0.2, -0.15) is 5.26 Å². The summed E-state index contributed by atoms with van der Waals surface area (Å²) in [5.74, 6) is 0.688. The number of nitriles is 1. The number of aryl methyl sites for hydroxylation is 2. The van der Waals surface area contributed by atoms with Crippen molar-refractivity contribution in [2.45, 2.75) is 26.8 Å². The van der Waals surface area contributed by atoms with Gasteiger partial charge in [-0.1, -0.05) is 35.9 Å². The molecule has 6 heteroatoms. The summed E-state index contributed by atoms with van der Waals surface area (Å²) in [5.41, 5.74) is 3.40. The third kappa shape index (κ3) is 3.82. The van der Waals surface area contributed by atoms with Gasteiger partial charge < -0.3 is 0 Å². The first-order valence-electron chi connectivity index (χ1n) is 9.19. The third-order valence-corrected chi connectivity index (χ3v) is 6.35. The van der Waals surface area contributed by atoms with Crippen LogP contribution in [0.25, 0.3) is 10.2 Å². The average molecular weight is 420 g/mol. The molecule has 0 bridgehead atoms. The van der Waals surface area contributed by atoms with Crippen LogP contribution < -0.4 is 5.56 Å². The number of benzene rings is 2. The third-order valence-electron chi connectivity index (χ3n) is 5.02. The predicted molar refractivity (Wildman–Crippen MR) is 118 cm³/mol. The fourth-order valence-electron chi connectivity index (χ4n) is 3.42. The van der Waals surface area contributed by atoms with Gasteiger partial charge in [0.1, 0.15) is 10.7 Å². The summed E-state index contributed by atoms with van der Waals surface area (Å²) >= 11 is 7.70. The molecular weight excluding hydrogens is 402 g/mol. The predicted octanol–water partition coefficient (Wildman–Crippen LogP) is 5.24. The van der Waals surface area contributed by atoms with Gasteiger partial charge in [-0.15, -0.1) is 11.3 Å². The minimum Gasteiger partial charge on any atom is -0.291 e. The van der Waals surface area contributed by atoms with Gasteiger partial charge in [0.05, 0.1) is 23.6 Å². The maximum atomic E-state index is 13.4. The van der Waals surface area contributed by atoms with Crippen molar-refractivity contribution in [1.82, 2.24) is 9.55 Å². The molecule has 0 saturated heterocycles. The largest absolute Gasteiger partial charge is 0.291 e. The first-order valence-corrected chi connectivity index (χ1v) is 10.4. The number of rotatable bonds is 4. The zero-order valence-electron chi connectivity index (χ0n) is 16.1. The van der Waals surface area contributed by atoms with E-state index in [2.05, 4.69) is 6.07 Å². The monoisotopic (exact) mass is 419 g/mol. The van der Waals surface area contributed by atoms with E-state index in [1.165, 1.54) is 0 Å². The van der Waals surface area contributed by atoms with E-state index in [1.54, 1.807) is 22.0 Å². The van der Waals surface area contributed by atoms with E-state index in [0.717, 1.165) is 26.4 Å². The van der Waals surface area contributed by atoms with Crippen LogP contribution in [-0.2, 0) is 13.0 Å². The Morgan fingerprint density at radius 3 is 2.66 bits per heavy atom. The Morgan fingerprint density at radius 2 is 1.90 bits per heavy atom. The number of hydrogen-bond donors (Lipinski definition) is 0. The molecule has 0 spiro atoms. The van der Waals surface area contributed by atoms with Crippen LogP contribution in [0.4, 0.5) is 0 Å². The lowest BCUT2D eigenvalue weighted by molar-refractivity contribution is 0.694. The van der Waals surface area contributed by atoms with E-state index >= 15 is 0 Å². The molecule has 0 fully saturated rings. The second-order valence-electron chi connectivity index (χ2n) is 7.00. The van der Waals surface area contributed by atoms with Gasteiger partial charge in [-0.3, -0.25) is 9.36 Å². The molecule has 0 N–H and O–H groups in total. The molecule has 0 unspecified atom stereocenters. The lowest BCUT2D eigenvalue weighted by Crippen LogP contribution is -2.26. The second kappa shape index (κ2) is 7.82. The van der Waals surface area contributed by atoms with Crippen LogP contribution in [-0.4, -0.2) is 9.55 Å². The van der Waals surface area contributed by atoms with Gasteiger partial charge in [0, 0.05) is 16.3 Å². The summed E-state index contributed by atoms with van der Waals surface area (Å²) < 4.78 is 1.72. The van der Waals surface area contributed by atoms with Crippen molar-refractivity contribution in [2.24, 2.45) is 0 Å². The molecule has 4 rings (SSSR count). The summed E-state index contributed by atoms with van der Waals surface area (Å²) in [4.78, 5) is 20.2. The molecule has 0 aliphatic heterocycles. The van der Waals surface area contributed by atoms with Crippen LogP contribution in [0.3, 0.4) is 0 Å². The van der Waals surface area contributed by atoms with Crippen molar-refractivity contribution < 1.29 is 0 Å². The molecule has 0 aliphatic rings. The normalized spacial score (nSPS) is 11.0. The molecule has 0 amide bonds. The van der Waals surface area contributed by atoms with Crippen molar-refractivity contribution in [3.63, 3.8) is 0 Å². The molecular formula is C23H18ClN3OS. The van der Waals surface area contributed by atoms with Crippen LogP contribution in [0.1, 0.15) is 33.0 Å². The molecule has 2 aromatic carbocycles. The molecule has 2 aromatic heterocycles. The Bertz CT molecular complexity index is 1330. The van der Waals surface area contributed by atoms with Gasteiger partial charge in [0.15, 0.2) is 0 Å². The SMILES string of the molecule is Cc1sc2nc(Cc3cccc(Cl)c3)n(Cc3cccc(C#N)c3)c(=O)c2c1C. The van der Waals surface area contributed by atoms with Crippen LogP contribution >= 0.6 is 22.9 Å². The van der Waals surface area contributed by atoms with Crippen LogP contribution in [0.2, 0.25) is 5.02 Å². The summed E-state index contributed by atoms with van der Waals surface area (Å²) in [6.07, 6.45) is 0.500. The smallest absolute Gasteiger partial charge is 0.262 e. The lowest BCUT2D eigenvalue weighted by Gasteiger charge is -2.13. The Morgan fingerprint density at radius 1 is 1.14 bits per heavy atom. The topological polar surface area (TPSA) is 58.7 Å². The molecule has 2 heterocycles. The van der Waals surface area contributed by atoms with Crippen molar-refractivity contribution in [1.29, 1.82) is 5.26 Å². The highest BCUT2D eigenvalue weighted by atomic mass is 35.5. The molecule has 0 saturated carbocycles. The number of hydrogen-bond acceptors (Lipinski definition) is 4. The van der Waals surface area contributed by atoms with E-state index < -0.39 is 0 Å². The Kier molecular flexibility index (Phi) is 5.23. The highest BCUT2D eigenvalue weighted by Gasteiger charge is 2.17. The zero-order chi connectivity index (χ0) is 20.5. The standard InChI is InChI=1S/C23H18ClN3OS/c1-14-15(2)29-22-21(14)23(28)27(13-18-7-3-6-17(9-18)12-25)20(26-22)11-16-5-4-8-19(24)10-16/h3-10H,11,13H2,1-2H3. The molecule has 0 atom stereocenters. The first-order chi connectivity index (χ1) is 14.0. The second-order valence-corrected chi connectivity index (χ2v) is 8.64. The first kappa shape index (κ1) is 19.4. The van der Waals surface area contributed by atoms with Gasteiger partial charge in [-0.25, -0.2) is 4.98 Å². The number of fused-ring (bicyclic) bond motifs is 1. The average Bonchev–Trinajstić information content (AvgIpc) is 2.99. The van der Waals surface area contributed by atoms with E-state index in [9.17, 15) is 10.1 Å². The summed E-state index contributed by atoms with van der Waals surface area (Å²) in [7, 11) is 0. The fraction of sp³-hybridized carbons (Fsp3) is 0.174. The van der Waals surface area contributed by atoms with Gasteiger partial charge in [0.2, 0.25) is 0 Å². The highest BCUT2D eigenvalue weighted by molar-refractivity contribution is 7.18. The van der Waals surface area contributed by atoms with Crippen molar-refractivity contribution in [3.05, 3.63) is 96.9 Å². The molecule has 4 aromatic rings. The maximum Gasteiger partial charge on any atom is 0.262 e. The van der Waals surface area contributed by atoms with Gasteiger partial charge >= 0.3 is 0 Å². The van der Waals surface area contributed by atoms with E-state index in [-0.39, 0.29) is 5.56 Å². The van der Waals surface area contributed by atoms with E-state index in [4.69, 9.17) is 16.6 Å². The number of halogens is 1. The summed E-state index contributed by atoms with van der Waals surface area (Å²) in [6, 6.07) is 17.1. The quantitative estimate of drug-likeness (QED) is 0.454. The number of nitrogens with zero attached hydrogens (tertiary/aromatic N) is 3. The maximum absolute atomic E-state index is 13.4. The Labute approximate surface area is 177 Å². The molecule has 29 heavy (non-hydrogen) atoms. The molecule has 0 aliphatic carbocycles. The number of aromatic nitrogens is 2.